The van der Waals surface area contributed by atoms with Crippen LogP contribution in [-0.2, 0) is 6.54 Å². The number of hydrogen-bond donors (Lipinski definition) is 1. The lowest BCUT2D eigenvalue weighted by molar-refractivity contribution is 0.0985. The Hall–Kier alpha value is -3.66. The summed E-state index contributed by atoms with van der Waals surface area (Å²) in [6.07, 6.45) is 0. The first-order chi connectivity index (χ1) is 14.8. The molecule has 0 aliphatic carbocycles. The topological polar surface area (TPSA) is 53.2 Å². The summed E-state index contributed by atoms with van der Waals surface area (Å²) in [7, 11) is 0. The Balaban J connectivity index is 1.82. The molecule has 156 valence electrons. The Kier molecular flexibility index (Phi) is 5.47. The highest BCUT2D eigenvalue weighted by Crippen LogP contribution is 2.26. The van der Waals surface area contributed by atoms with Crippen molar-refractivity contribution in [3.05, 3.63) is 110 Å². The summed E-state index contributed by atoms with van der Waals surface area (Å²) in [6, 6.07) is 21.3. The van der Waals surface area contributed by atoms with Crippen LogP contribution in [0.15, 0.2) is 71.5 Å². The summed E-state index contributed by atoms with van der Waals surface area (Å²) < 4.78 is 0. The number of hydrogen-bond acceptors (Lipinski definition) is 2. The van der Waals surface area contributed by atoms with Crippen LogP contribution in [0.4, 0.5) is 5.69 Å². The number of pyridine rings is 1. The normalized spacial score (nSPS) is 11.0. The first-order valence-electron chi connectivity index (χ1n) is 10.4. The molecule has 0 saturated heterocycles. The van der Waals surface area contributed by atoms with Crippen molar-refractivity contribution >= 4 is 22.5 Å². The molecule has 0 bridgehead atoms. The van der Waals surface area contributed by atoms with Gasteiger partial charge in [0.15, 0.2) is 0 Å². The Morgan fingerprint density at radius 3 is 2.32 bits per heavy atom. The van der Waals surface area contributed by atoms with Gasteiger partial charge in [-0.1, -0.05) is 42.0 Å². The molecule has 0 aliphatic rings. The lowest BCUT2D eigenvalue weighted by atomic mass is 10.0. The van der Waals surface area contributed by atoms with Crippen LogP contribution in [0.5, 0.6) is 0 Å². The van der Waals surface area contributed by atoms with Crippen LogP contribution in [0, 0.1) is 27.7 Å². The third-order valence-electron chi connectivity index (χ3n) is 5.82. The van der Waals surface area contributed by atoms with E-state index < -0.39 is 0 Å². The van der Waals surface area contributed by atoms with Crippen molar-refractivity contribution in [3.8, 4) is 0 Å². The van der Waals surface area contributed by atoms with E-state index in [-0.39, 0.29) is 18.0 Å². The van der Waals surface area contributed by atoms with Gasteiger partial charge in [0.1, 0.15) is 0 Å². The average Bonchev–Trinajstić information content (AvgIpc) is 2.74. The van der Waals surface area contributed by atoms with Crippen molar-refractivity contribution in [2.75, 3.05) is 4.90 Å². The number of carbonyl (C=O) groups is 1. The van der Waals surface area contributed by atoms with Crippen LogP contribution >= 0.6 is 0 Å². The van der Waals surface area contributed by atoms with E-state index in [9.17, 15) is 9.59 Å². The molecule has 4 aromatic rings. The van der Waals surface area contributed by atoms with Gasteiger partial charge in [-0.05, 0) is 80.1 Å². The van der Waals surface area contributed by atoms with E-state index in [2.05, 4.69) is 4.98 Å². The highest BCUT2D eigenvalue weighted by molar-refractivity contribution is 6.06. The lowest BCUT2D eigenvalue weighted by Gasteiger charge is -2.25. The maximum Gasteiger partial charge on any atom is 0.258 e. The number of aromatic amines is 1. The van der Waals surface area contributed by atoms with E-state index in [4.69, 9.17) is 0 Å². The third kappa shape index (κ3) is 4.15. The van der Waals surface area contributed by atoms with Gasteiger partial charge in [0.25, 0.3) is 11.5 Å². The van der Waals surface area contributed by atoms with Crippen LogP contribution < -0.4 is 10.5 Å². The van der Waals surface area contributed by atoms with E-state index in [1.807, 2.05) is 94.4 Å². The van der Waals surface area contributed by atoms with E-state index in [1.54, 1.807) is 4.90 Å². The maximum atomic E-state index is 13.6. The van der Waals surface area contributed by atoms with Crippen molar-refractivity contribution in [2.24, 2.45) is 0 Å². The molecule has 4 heteroatoms. The van der Waals surface area contributed by atoms with E-state index in [1.165, 1.54) is 0 Å². The molecule has 4 nitrogen and oxygen atoms in total. The smallest absolute Gasteiger partial charge is 0.258 e. The average molecular weight is 411 g/mol. The standard InChI is InChI=1S/C27H26N2O2/c1-17-8-11-21(12-9-17)27(31)29(25-7-5-6-19(3)20(25)4)16-23-15-22-13-10-18(2)14-24(22)28-26(23)30/h5-15H,16H2,1-4H3,(H,28,30). The number of nitrogens with zero attached hydrogens (tertiary/aromatic N) is 1. The zero-order valence-electron chi connectivity index (χ0n) is 18.3. The van der Waals surface area contributed by atoms with Crippen molar-refractivity contribution < 1.29 is 4.79 Å². The number of benzene rings is 3. The number of rotatable bonds is 4. The Morgan fingerprint density at radius 1 is 0.871 bits per heavy atom. The fourth-order valence-corrected chi connectivity index (χ4v) is 3.79. The number of nitrogens with one attached hydrogen (secondary N) is 1. The molecule has 1 N–H and O–H groups in total. The lowest BCUT2D eigenvalue weighted by Crippen LogP contribution is -2.33. The van der Waals surface area contributed by atoms with Crippen LogP contribution in [0.3, 0.4) is 0 Å². The van der Waals surface area contributed by atoms with E-state index >= 15 is 0 Å². The summed E-state index contributed by atoms with van der Waals surface area (Å²) >= 11 is 0. The molecule has 0 saturated carbocycles. The molecular weight excluding hydrogens is 384 g/mol. The first-order valence-corrected chi connectivity index (χ1v) is 10.4. The fourth-order valence-electron chi connectivity index (χ4n) is 3.79. The van der Waals surface area contributed by atoms with Gasteiger partial charge in [-0.3, -0.25) is 9.59 Å². The summed E-state index contributed by atoms with van der Waals surface area (Å²) in [5, 5.41) is 0.948. The van der Waals surface area contributed by atoms with Crippen LogP contribution in [0.2, 0.25) is 0 Å². The second-order valence-corrected chi connectivity index (χ2v) is 8.19. The van der Waals surface area contributed by atoms with Crippen LogP contribution in [-0.4, -0.2) is 10.9 Å². The van der Waals surface area contributed by atoms with Crippen LogP contribution in [0.25, 0.3) is 10.9 Å². The zero-order valence-corrected chi connectivity index (χ0v) is 18.3. The van der Waals surface area contributed by atoms with Crippen LogP contribution in [0.1, 0.15) is 38.2 Å². The van der Waals surface area contributed by atoms with Gasteiger partial charge in [-0.15, -0.1) is 0 Å². The van der Waals surface area contributed by atoms with Gasteiger partial charge in [0.2, 0.25) is 0 Å². The summed E-state index contributed by atoms with van der Waals surface area (Å²) in [6.45, 7) is 8.21. The van der Waals surface area contributed by atoms with Gasteiger partial charge in [0.05, 0.1) is 6.54 Å². The summed E-state index contributed by atoms with van der Waals surface area (Å²) in [5.41, 5.74) is 6.89. The molecule has 3 aromatic carbocycles. The number of amides is 1. The number of aryl methyl sites for hydroxylation is 3. The Bertz CT molecular complexity index is 1330. The third-order valence-corrected chi connectivity index (χ3v) is 5.82. The van der Waals surface area contributed by atoms with Crippen molar-refractivity contribution in [3.63, 3.8) is 0 Å². The van der Waals surface area contributed by atoms with Crippen molar-refractivity contribution in [2.45, 2.75) is 34.2 Å². The largest absolute Gasteiger partial charge is 0.322 e. The predicted molar refractivity (Wildman–Crippen MR) is 127 cm³/mol. The van der Waals surface area contributed by atoms with E-state index in [0.717, 1.165) is 38.8 Å². The molecule has 0 aliphatic heterocycles. The number of fused-ring (bicyclic) bond motifs is 1. The minimum absolute atomic E-state index is 0.128. The summed E-state index contributed by atoms with van der Waals surface area (Å²) in [4.78, 5) is 31.1. The number of carbonyl (C=O) groups excluding carboxylic acids is 1. The number of anilines is 1. The molecule has 31 heavy (non-hydrogen) atoms. The first kappa shape index (κ1) is 20.6. The molecule has 0 spiro atoms. The van der Waals surface area contributed by atoms with Crippen molar-refractivity contribution in [1.29, 1.82) is 0 Å². The highest BCUT2D eigenvalue weighted by Gasteiger charge is 2.21. The second-order valence-electron chi connectivity index (χ2n) is 8.19. The molecule has 1 heterocycles. The molecular formula is C27H26N2O2. The summed E-state index contributed by atoms with van der Waals surface area (Å²) in [5.74, 6) is -0.128. The second kappa shape index (κ2) is 8.23. The minimum Gasteiger partial charge on any atom is -0.322 e. The molecule has 0 atom stereocenters. The van der Waals surface area contributed by atoms with Gasteiger partial charge in [-0.2, -0.15) is 0 Å². The predicted octanol–water partition coefficient (Wildman–Crippen LogP) is 5.61. The fraction of sp³-hybridized carbons (Fsp3) is 0.185. The highest BCUT2D eigenvalue weighted by atomic mass is 16.2. The van der Waals surface area contributed by atoms with Gasteiger partial charge in [0, 0.05) is 22.3 Å². The van der Waals surface area contributed by atoms with Gasteiger partial charge >= 0.3 is 0 Å². The molecule has 4 rings (SSSR count). The van der Waals surface area contributed by atoms with Crippen molar-refractivity contribution in [1.82, 2.24) is 4.98 Å². The molecule has 0 unspecified atom stereocenters. The zero-order chi connectivity index (χ0) is 22.1. The SMILES string of the molecule is Cc1ccc(C(=O)N(Cc2cc3ccc(C)cc3[nH]c2=O)c2cccc(C)c2C)cc1. The molecule has 0 radical (unpaired) electrons. The Morgan fingerprint density at radius 2 is 1.58 bits per heavy atom. The Labute approximate surface area is 182 Å². The molecule has 0 fully saturated rings. The maximum absolute atomic E-state index is 13.6. The molecule has 1 aromatic heterocycles. The number of aromatic nitrogens is 1. The van der Waals surface area contributed by atoms with E-state index in [0.29, 0.717) is 11.1 Å². The monoisotopic (exact) mass is 410 g/mol. The number of H-pyrrole nitrogens is 1. The quantitative estimate of drug-likeness (QED) is 0.475. The minimum atomic E-state index is -0.176. The van der Waals surface area contributed by atoms with Gasteiger partial charge in [-0.25, -0.2) is 0 Å². The molecule has 1 amide bonds. The van der Waals surface area contributed by atoms with Gasteiger partial charge < -0.3 is 9.88 Å².